The first-order chi connectivity index (χ1) is 7.75. The zero-order valence-corrected chi connectivity index (χ0v) is 9.94. The van der Waals surface area contributed by atoms with Crippen molar-refractivity contribution in [3.63, 3.8) is 0 Å². The lowest BCUT2D eigenvalue weighted by molar-refractivity contribution is 0.0173. The highest BCUT2D eigenvalue weighted by Crippen LogP contribution is 2.35. The molecule has 1 saturated heterocycles. The number of hydrogen-bond donors (Lipinski definition) is 1. The Kier molecular flexibility index (Phi) is 2.39. The van der Waals surface area contributed by atoms with Crippen LogP contribution in [0.2, 0.25) is 0 Å². The second-order valence-corrected chi connectivity index (χ2v) is 4.97. The van der Waals surface area contributed by atoms with Gasteiger partial charge in [-0.2, -0.15) is 5.10 Å². The number of fused-ring (bicyclic) bond motifs is 1. The third-order valence-electron chi connectivity index (χ3n) is 3.72. The number of nitrogens with zero attached hydrogens (tertiary/aromatic N) is 2. The maximum absolute atomic E-state index is 5.98. The van der Waals surface area contributed by atoms with Crippen molar-refractivity contribution in [2.24, 2.45) is 0 Å². The minimum atomic E-state index is 0.357. The third kappa shape index (κ3) is 1.52. The fraction of sp³-hybridized carbons (Fsp3) is 0.750. The molecule has 2 aliphatic rings. The molecule has 3 unspecified atom stereocenters. The molecule has 3 heterocycles. The van der Waals surface area contributed by atoms with E-state index in [1.165, 1.54) is 24.2 Å². The molecule has 1 aromatic heterocycles. The highest BCUT2D eigenvalue weighted by atomic mass is 16.5. The lowest BCUT2D eigenvalue weighted by Gasteiger charge is -2.30. The molecule has 1 fully saturated rings. The molecule has 4 heteroatoms. The molecule has 0 amide bonds. The Morgan fingerprint density at radius 3 is 3.06 bits per heavy atom. The molecule has 4 nitrogen and oxygen atoms in total. The van der Waals surface area contributed by atoms with Crippen molar-refractivity contribution < 1.29 is 4.74 Å². The third-order valence-corrected chi connectivity index (χ3v) is 3.72. The van der Waals surface area contributed by atoms with Gasteiger partial charge in [-0.05, 0) is 33.1 Å². The van der Waals surface area contributed by atoms with Gasteiger partial charge in [-0.1, -0.05) is 0 Å². The number of rotatable bonds is 1. The van der Waals surface area contributed by atoms with E-state index in [9.17, 15) is 0 Å². The van der Waals surface area contributed by atoms with E-state index in [4.69, 9.17) is 4.74 Å². The van der Waals surface area contributed by atoms with Crippen LogP contribution in [0.4, 0.5) is 5.82 Å². The van der Waals surface area contributed by atoms with Gasteiger partial charge in [0.05, 0.1) is 24.4 Å². The van der Waals surface area contributed by atoms with Crippen LogP contribution in [0.1, 0.15) is 37.8 Å². The quantitative estimate of drug-likeness (QED) is 0.789. The molecule has 3 rings (SSSR count). The highest BCUT2D eigenvalue weighted by molar-refractivity contribution is 5.44. The Morgan fingerprint density at radius 2 is 2.31 bits per heavy atom. The SMILES string of the molecule is Cc1cnn2c1NCCC2C1CCC(C)O1. The summed E-state index contributed by atoms with van der Waals surface area (Å²) in [5.41, 5.74) is 1.23. The lowest BCUT2D eigenvalue weighted by Crippen LogP contribution is -2.32. The van der Waals surface area contributed by atoms with Gasteiger partial charge in [0.1, 0.15) is 5.82 Å². The predicted octanol–water partition coefficient (Wildman–Crippen LogP) is 2.12. The van der Waals surface area contributed by atoms with Gasteiger partial charge in [0.25, 0.3) is 0 Å². The minimum Gasteiger partial charge on any atom is -0.373 e. The maximum atomic E-state index is 5.98. The van der Waals surface area contributed by atoms with Gasteiger partial charge in [0, 0.05) is 12.1 Å². The fourth-order valence-electron chi connectivity index (χ4n) is 2.84. The average Bonchev–Trinajstić information content (AvgIpc) is 2.86. The highest BCUT2D eigenvalue weighted by Gasteiger charge is 2.34. The maximum Gasteiger partial charge on any atom is 0.127 e. The van der Waals surface area contributed by atoms with Crippen LogP contribution in [0.3, 0.4) is 0 Å². The van der Waals surface area contributed by atoms with Crippen LogP contribution in [0.25, 0.3) is 0 Å². The summed E-state index contributed by atoms with van der Waals surface area (Å²) < 4.78 is 8.10. The van der Waals surface area contributed by atoms with Crippen LogP contribution in [0, 0.1) is 6.92 Å². The molecule has 0 aliphatic carbocycles. The predicted molar refractivity (Wildman–Crippen MR) is 62.7 cm³/mol. The molecule has 0 spiro atoms. The second-order valence-electron chi connectivity index (χ2n) is 4.97. The van der Waals surface area contributed by atoms with Crippen molar-refractivity contribution in [3.8, 4) is 0 Å². The first-order valence-electron chi connectivity index (χ1n) is 6.19. The van der Waals surface area contributed by atoms with Gasteiger partial charge in [0.15, 0.2) is 0 Å². The monoisotopic (exact) mass is 221 g/mol. The summed E-state index contributed by atoms with van der Waals surface area (Å²) in [4.78, 5) is 0. The van der Waals surface area contributed by atoms with E-state index in [-0.39, 0.29) is 0 Å². The summed E-state index contributed by atoms with van der Waals surface area (Å²) in [6, 6.07) is 0.426. The van der Waals surface area contributed by atoms with E-state index < -0.39 is 0 Å². The average molecular weight is 221 g/mol. The summed E-state index contributed by atoms with van der Waals surface area (Å²) in [6.07, 6.45) is 6.19. The van der Waals surface area contributed by atoms with Crippen LogP contribution < -0.4 is 5.32 Å². The van der Waals surface area contributed by atoms with Crippen molar-refractivity contribution in [2.75, 3.05) is 11.9 Å². The van der Waals surface area contributed by atoms with Crippen LogP contribution in [-0.2, 0) is 4.74 Å². The van der Waals surface area contributed by atoms with Crippen molar-refractivity contribution in [1.29, 1.82) is 0 Å². The summed E-state index contributed by atoms with van der Waals surface area (Å²) in [6.45, 7) is 5.30. The molecular formula is C12H19N3O. The van der Waals surface area contributed by atoms with E-state index in [2.05, 4.69) is 28.9 Å². The summed E-state index contributed by atoms with van der Waals surface area (Å²) in [5.74, 6) is 1.18. The Labute approximate surface area is 96.0 Å². The zero-order chi connectivity index (χ0) is 11.1. The molecule has 0 saturated carbocycles. The van der Waals surface area contributed by atoms with Crippen LogP contribution in [0.5, 0.6) is 0 Å². The molecule has 3 atom stereocenters. The number of ether oxygens (including phenoxy) is 1. The topological polar surface area (TPSA) is 39.1 Å². The smallest absolute Gasteiger partial charge is 0.127 e. The molecule has 88 valence electrons. The largest absolute Gasteiger partial charge is 0.373 e. The Balaban J connectivity index is 1.87. The van der Waals surface area contributed by atoms with Crippen LogP contribution in [-0.4, -0.2) is 28.5 Å². The van der Waals surface area contributed by atoms with Crippen molar-refractivity contribution in [2.45, 2.75) is 51.4 Å². The second kappa shape index (κ2) is 3.77. The van der Waals surface area contributed by atoms with Crippen molar-refractivity contribution in [1.82, 2.24) is 9.78 Å². The van der Waals surface area contributed by atoms with Gasteiger partial charge in [-0.25, -0.2) is 4.68 Å². The van der Waals surface area contributed by atoms with Crippen molar-refractivity contribution >= 4 is 5.82 Å². The molecule has 0 radical (unpaired) electrons. The lowest BCUT2D eigenvalue weighted by atomic mass is 10.0. The fourth-order valence-corrected chi connectivity index (χ4v) is 2.84. The number of aromatic nitrogens is 2. The Bertz CT molecular complexity index is 388. The standard InChI is InChI=1S/C12H19N3O/c1-8-7-14-15-10(5-6-13-12(8)15)11-4-3-9(2)16-11/h7,9-11,13H,3-6H2,1-2H3. The van der Waals surface area contributed by atoms with Gasteiger partial charge in [-0.15, -0.1) is 0 Å². The summed E-state index contributed by atoms with van der Waals surface area (Å²) >= 11 is 0. The van der Waals surface area contributed by atoms with E-state index in [0.29, 0.717) is 18.2 Å². The molecule has 1 aromatic rings. The molecule has 0 bridgehead atoms. The number of anilines is 1. The number of aryl methyl sites for hydroxylation is 1. The van der Waals surface area contributed by atoms with E-state index in [1.54, 1.807) is 0 Å². The number of nitrogens with one attached hydrogen (secondary N) is 1. The van der Waals surface area contributed by atoms with E-state index >= 15 is 0 Å². The van der Waals surface area contributed by atoms with Crippen molar-refractivity contribution in [3.05, 3.63) is 11.8 Å². The van der Waals surface area contributed by atoms with Gasteiger partial charge < -0.3 is 10.1 Å². The summed E-state index contributed by atoms with van der Waals surface area (Å²) in [5, 5.41) is 7.90. The zero-order valence-electron chi connectivity index (χ0n) is 9.94. The van der Waals surface area contributed by atoms with Gasteiger partial charge >= 0.3 is 0 Å². The first kappa shape index (κ1) is 10.1. The van der Waals surface area contributed by atoms with Gasteiger partial charge in [0.2, 0.25) is 0 Å². The van der Waals surface area contributed by atoms with Crippen LogP contribution in [0.15, 0.2) is 6.20 Å². The molecule has 1 N–H and O–H groups in total. The first-order valence-corrected chi connectivity index (χ1v) is 6.19. The van der Waals surface area contributed by atoms with E-state index in [0.717, 1.165) is 13.0 Å². The molecule has 16 heavy (non-hydrogen) atoms. The summed E-state index contributed by atoms with van der Waals surface area (Å²) in [7, 11) is 0. The minimum absolute atomic E-state index is 0.357. The molecular weight excluding hydrogens is 202 g/mol. The van der Waals surface area contributed by atoms with Gasteiger partial charge in [-0.3, -0.25) is 0 Å². The Morgan fingerprint density at radius 1 is 1.44 bits per heavy atom. The van der Waals surface area contributed by atoms with Crippen LogP contribution >= 0.6 is 0 Å². The molecule has 2 aliphatic heterocycles. The normalized spacial score (nSPS) is 33.5. The Hall–Kier alpha value is -1.03. The number of hydrogen-bond acceptors (Lipinski definition) is 3. The molecule has 0 aromatic carbocycles. The van der Waals surface area contributed by atoms with E-state index in [1.807, 2.05) is 6.20 Å².